The van der Waals surface area contributed by atoms with Crippen molar-refractivity contribution < 1.29 is 4.79 Å². The summed E-state index contributed by atoms with van der Waals surface area (Å²) in [6.45, 7) is 5.63. The Morgan fingerprint density at radius 2 is 2.08 bits per heavy atom. The molecular formula is C19H28N6O. The number of carbonyl (C=O) groups is 1. The first-order chi connectivity index (χ1) is 12.5. The minimum absolute atomic E-state index is 0.196. The van der Waals surface area contributed by atoms with Crippen LogP contribution in [0.1, 0.15) is 35.5 Å². The quantitative estimate of drug-likeness (QED) is 0.885. The summed E-state index contributed by atoms with van der Waals surface area (Å²) in [7, 11) is 3.79. The molecule has 0 saturated carbocycles. The molecule has 0 spiro atoms. The van der Waals surface area contributed by atoms with E-state index in [2.05, 4.69) is 20.4 Å². The number of aromatic nitrogens is 4. The van der Waals surface area contributed by atoms with Gasteiger partial charge in [0.1, 0.15) is 5.82 Å². The summed E-state index contributed by atoms with van der Waals surface area (Å²) in [4.78, 5) is 23.7. The maximum atomic E-state index is 12.9. The predicted molar refractivity (Wildman–Crippen MR) is 101 cm³/mol. The van der Waals surface area contributed by atoms with Gasteiger partial charge in [0, 0.05) is 50.8 Å². The van der Waals surface area contributed by atoms with Crippen molar-refractivity contribution in [3.8, 4) is 0 Å². The van der Waals surface area contributed by atoms with Crippen molar-refractivity contribution in [2.45, 2.75) is 39.5 Å². The fourth-order valence-electron chi connectivity index (χ4n) is 3.79. The number of aryl methyl sites for hydroxylation is 2. The Kier molecular flexibility index (Phi) is 5.54. The first kappa shape index (κ1) is 18.4. The Labute approximate surface area is 154 Å². The highest BCUT2D eigenvalue weighted by atomic mass is 16.2. The lowest BCUT2D eigenvalue weighted by atomic mass is 9.92. The Morgan fingerprint density at radius 3 is 2.77 bits per heavy atom. The summed E-state index contributed by atoms with van der Waals surface area (Å²) < 4.78 is 1.85. The first-order valence-corrected chi connectivity index (χ1v) is 9.24. The van der Waals surface area contributed by atoms with Crippen LogP contribution < -0.4 is 5.32 Å². The van der Waals surface area contributed by atoms with E-state index in [1.54, 1.807) is 12.4 Å². The van der Waals surface area contributed by atoms with Crippen LogP contribution in [0.3, 0.4) is 0 Å². The number of hydrogen-bond donors (Lipinski definition) is 1. The molecule has 1 atom stereocenters. The second-order valence-electron chi connectivity index (χ2n) is 7.10. The van der Waals surface area contributed by atoms with Crippen LogP contribution in [-0.4, -0.2) is 50.7 Å². The van der Waals surface area contributed by atoms with Crippen LogP contribution in [0.2, 0.25) is 0 Å². The van der Waals surface area contributed by atoms with Crippen LogP contribution in [0.25, 0.3) is 0 Å². The van der Waals surface area contributed by atoms with Crippen LogP contribution in [-0.2, 0) is 24.7 Å². The third-order valence-corrected chi connectivity index (χ3v) is 5.35. The standard InChI is InChI=1S/C19H28N6O/c1-13-16(14(2)24(4)23-13)11-18(26)25-9-5-6-15(12-25)10-17-19(20-3)22-8-7-21-17/h7-8,15H,5-6,9-12H2,1-4H3,(H,20,22)/t15-/m1/s1. The summed E-state index contributed by atoms with van der Waals surface area (Å²) in [6.07, 6.45) is 6.87. The molecule has 1 N–H and O–H groups in total. The first-order valence-electron chi connectivity index (χ1n) is 9.24. The van der Waals surface area contributed by atoms with Gasteiger partial charge in [0.05, 0.1) is 17.8 Å². The average molecular weight is 356 g/mol. The summed E-state index contributed by atoms with van der Waals surface area (Å²) >= 11 is 0. The molecule has 1 saturated heterocycles. The molecule has 26 heavy (non-hydrogen) atoms. The summed E-state index contributed by atoms with van der Waals surface area (Å²) in [5.41, 5.74) is 4.06. The lowest BCUT2D eigenvalue weighted by Gasteiger charge is -2.33. The molecule has 2 aromatic heterocycles. The molecule has 0 aliphatic carbocycles. The lowest BCUT2D eigenvalue weighted by molar-refractivity contribution is -0.132. The molecule has 1 aliphatic heterocycles. The SMILES string of the molecule is CNc1nccnc1C[C@H]1CCCN(C(=O)Cc2c(C)nn(C)c2C)C1. The molecule has 0 unspecified atom stereocenters. The van der Waals surface area contributed by atoms with E-state index in [0.29, 0.717) is 12.3 Å². The Morgan fingerprint density at radius 1 is 1.31 bits per heavy atom. The molecule has 1 amide bonds. The highest BCUT2D eigenvalue weighted by Crippen LogP contribution is 2.23. The van der Waals surface area contributed by atoms with Gasteiger partial charge in [-0.3, -0.25) is 14.5 Å². The van der Waals surface area contributed by atoms with Gasteiger partial charge in [-0.05, 0) is 39.0 Å². The number of piperidine rings is 1. The van der Waals surface area contributed by atoms with E-state index in [9.17, 15) is 4.79 Å². The second-order valence-corrected chi connectivity index (χ2v) is 7.10. The molecular weight excluding hydrogens is 328 g/mol. The van der Waals surface area contributed by atoms with Gasteiger partial charge in [-0.15, -0.1) is 0 Å². The highest BCUT2D eigenvalue weighted by Gasteiger charge is 2.26. The van der Waals surface area contributed by atoms with E-state index in [0.717, 1.165) is 60.8 Å². The van der Waals surface area contributed by atoms with Crippen molar-refractivity contribution in [3.05, 3.63) is 35.0 Å². The fraction of sp³-hybridized carbons (Fsp3) is 0.579. The molecule has 1 fully saturated rings. The number of rotatable bonds is 5. The van der Waals surface area contributed by atoms with Crippen molar-refractivity contribution in [3.63, 3.8) is 0 Å². The van der Waals surface area contributed by atoms with Gasteiger partial charge < -0.3 is 10.2 Å². The number of amides is 1. The molecule has 7 heteroatoms. The van der Waals surface area contributed by atoms with E-state index in [-0.39, 0.29) is 5.91 Å². The van der Waals surface area contributed by atoms with E-state index in [1.165, 1.54) is 0 Å². The van der Waals surface area contributed by atoms with Gasteiger partial charge in [-0.25, -0.2) is 4.98 Å². The molecule has 0 bridgehead atoms. The Hall–Kier alpha value is -2.44. The molecule has 7 nitrogen and oxygen atoms in total. The predicted octanol–water partition coefficient (Wildman–Crippen LogP) is 1.89. The molecule has 0 radical (unpaired) electrons. The lowest BCUT2D eigenvalue weighted by Crippen LogP contribution is -2.41. The summed E-state index contributed by atoms with van der Waals surface area (Å²) in [5.74, 6) is 1.45. The fourth-order valence-corrected chi connectivity index (χ4v) is 3.79. The van der Waals surface area contributed by atoms with Gasteiger partial charge in [-0.2, -0.15) is 5.10 Å². The van der Waals surface area contributed by atoms with Gasteiger partial charge in [-0.1, -0.05) is 0 Å². The van der Waals surface area contributed by atoms with E-state index >= 15 is 0 Å². The molecule has 3 heterocycles. The normalized spacial score (nSPS) is 17.4. The third kappa shape index (κ3) is 3.86. The average Bonchev–Trinajstić information content (AvgIpc) is 2.88. The zero-order chi connectivity index (χ0) is 18.7. The smallest absolute Gasteiger partial charge is 0.227 e. The third-order valence-electron chi connectivity index (χ3n) is 5.35. The van der Waals surface area contributed by atoms with Gasteiger partial charge in [0.2, 0.25) is 5.91 Å². The zero-order valence-electron chi connectivity index (χ0n) is 16.1. The van der Waals surface area contributed by atoms with Crippen molar-refractivity contribution >= 4 is 11.7 Å². The largest absolute Gasteiger partial charge is 0.372 e. The Balaban J connectivity index is 1.65. The van der Waals surface area contributed by atoms with E-state index < -0.39 is 0 Å². The van der Waals surface area contributed by atoms with Crippen LogP contribution in [0.15, 0.2) is 12.4 Å². The van der Waals surface area contributed by atoms with Gasteiger partial charge in [0.25, 0.3) is 0 Å². The minimum Gasteiger partial charge on any atom is -0.372 e. The summed E-state index contributed by atoms with van der Waals surface area (Å²) in [5, 5.41) is 7.53. The number of nitrogens with zero attached hydrogens (tertiary/aromatic N) is 5. The van der Waals surface area contributed by atoms with Crippen molar-refractivity contribution in [1.82, 2.24) is 24.6 Å². The topological polar surface area (TPSA) is 75.9 Å². The van der Waals surface area contributed by atoms with Crippen LogP contribution >= 0.6 is 0 Å². The van der Waals surface area contributed by atoms with Crippen LogP contribution in [0.5, 0.6) is 0 Å². The summed E-state index contributed by atoms with van der Waals surface area (Å²) in [6, 6.07) is 0. The van der Waals surface area contributed by atoms with Gasteiger partial charge in [0.15, 0.2) is 0 Å². The van der Waals surface area contributed by atoms with Gasteiger partial charge >= 0.3 is 0 Å². The molecule has 1 aliphatic rings. The Bertz CT molecular complexity index is 784. The second kappa shape index (κ2) is 7.85. The van der Waals surface area contributed by atoms with Crippen molar-refractivity contribution in [2.24, 2.45) is 13.0 Å². The molecule has 2 aromatic rings. The molecule has 3 rings (SSSR count). The number of hydrogen-bond acceptors (Lipinski definition) is 5. The molecule has 140 valence electrons. The van der Waals surface area contributed by atoms with Crippen molar-refractivity contribution in [2.75, 3.05) is 25.5 Å². The van der Waals surface area contributed by atoms with Crippen LogP contribution in [0, 0.1) is 19.8 Å². The monoisotopic (exact) mass is 356 g/mol. The molecule has 0 aromatic carbocycles. The number of nitrogens with one attached hydrogen (secondary N) is 1. The minimum atomic E-state index is 0.196. The number of likely N-dealkylation sites (tertiary alicyclic amines) is 1. The van der Waals surface area contributed by atoms with Crippen LogP contribution in [0.4, 0.5) is 5.82 Å². The van der Waals surface area contributed by atoms with Crippen molar-refractivity contribution in [1.29, 1.82) is 0 Å². The maximum absolute atomic E-state index is 12.9. The van der Waals surface area contributed by atoms with E-state index in [4.69, 9.17) is 0 Å². The van der Waals surface area contributed by atoms with E-state index in [1.807, 2.05) is 37.5 Å². The maximum Gasteiger partial charge on any atom is 0.227 e. The number of carbonyl (C=O) groups excluding carboxylic acids is 1. The number of anilines is 1. The highest BCUT2D eigenvalue weighted by molar-refractivity contribution is 5.79. The zero-order valence-corrected chi connectivity index (χ0v) is 16.1.